The molecule has 0 saturated carbocycles. The van der Waals surface area contributed by atoms with E-state index in [4.69, 9.17) is 4.74 Å². The van der Waals surface area contributed by atoms with Gasteiger partial charge < -0.3 is 10.1 Å². The molecular weight excluding hydrogens is 212 g/mol. The number of nitrogens with one attached hydrogen (secondary N) is 1. The van der Waals surface area contributed by atoms with E-state index >= 15 is 0 Å². The third-order valence-corrected chi connectivity index (χ3v) is 3.26. The molecule has 3 heteroatoms. The second kappa shape index (κ2) is 5.61. The average Bonchev–Trinajstić information content (AvgIpc) is 2.27. The van der Waals surface area contributed by atoms with Crippen molar-refractivity contribution < 1.29 is 4.74 Å². The Kier molecular flexibility index (Phi) is 4.13. The molecule has 0 aliphatic carbocycles. The van der Waals surface area contributed by atoms with Gasteiger partial charge in [-0.15, -0.1) is 0 Å². The van der Waals surface area contributed by atoms with Crippen LogP contribution in [0.4, 0.5) is 0 Å². The Bertz CT molecular complexity index is 340. The molecule has 17 heavy (non-hydrogen) atoms. The van der Waals surface area contributed by atoms with Crippen LogP contribution in [0.15, 0.2) is 18.3 Å². The fraction of sp³-hybridized carbons (Fsp3) is 0.643. The van der Waals surface area contributed by atoms with Gasteiger partial charge in [0.1, 0.15) is 0 Å². The van der Waals surface area contributed by atoms with Crippen molar-refractivity contribution in [3.8, 4) is 0 Å². The molecule has 1 aliphatic heterocycles. The molecule has 0 spiro atoms. The summed E-state index contributed by atoms with van der Waals surface area (Å²) in [5.74, 6) is 0. The maximum Gasteiger partial charge on any atom is 0.0565 e. The molecule has 0 amide bonds. The molecule has 0 radical (unpaired) electrons. The van der Waals surface area contributed by atoms with E-state index in [9.17, 15) is 0 Å². The molecule has 1 aromatic rings. The lowest BCUT2D eigenvalue weighted by Gasteiger charge is -2.32. The van der Waals surface area contributed by atoms with Crippen molar-refractivity contribution in [2.75, 3.05) is 0 Å². The van der Waals surface area contributed by atoms with E-state index in [0.29, 0.717) is 18.2 Å². The predicted octanol–water partition coefficient (Wildman–Crippen LogP) is 2.44. The maximum atomic E-state index is 5.73. The first kappa shape index (κ1) is 12.5. The summed E-state index contributed by atoms with van der Waals surface area (Å²) in [5, 5.41) is 3.60. The van der Waals surface area contributed by atoms with Crippen LogP contribution in [0, 0.1) is 6.92 Å². The molecule has 1 fully saturated rings. The Morgan fingerprint density at radius 3 is 2.59 bits per heavy atom. The van der Waals surface area contributed by atoms with E-state index in [2.05, 4.69) is 36.3 Å². The molecule has 2 heterocycles. The molecule has 1 saturated heterocycles. The largest absolute Gasteiger partial charge is 0.375 e. The second-order valence-electron chi connectivity index (χ2n) is 5.11. The van der Waals surface area contributed by atoms with Crippen LogP contribution in [0.25, 0.3) is 0 Å². The summed E-state index contributed by atoms with van der Waals surface area (Å²) in [7, 11) is 0. The van der Waals surface area contributed by atoms with Crippen LogP contribution in [-0.4, -0.2) is 23.2 Å². The maximum absolute atomic E-state index is 5.73. The Morgan fingerprint density at radius 1 is 1.29 bits per heavy atom. The van der Waals surface area contributed by atoms with Crippen molar-refractivity contribution in [3.05, 3.63) is 29.6 Å². The lowest BCUT2D eigenvalue weighted by Crippen LogP contribution is -2.40. The molecule has 0 bridgehead atoms. The van der Waals surface area contributed by atoms with E-state index in [1.807, 2.05) is 13.1 Å². The lowest BCUT2D eigenvalue weighted by atomic mass is 10.00. The van der Waals surface area contributed by atoms with E-state index in [-0.39, 0.29) is 0 Å². The van der Waals surface area contributed by atoms with Gasteiger partial charge in [-0.3, -0.25) is 4.98 Å². The summed E-state index contributed by atoms with van der Waals surface area (Å²) in [4.78, 5) is 4.31. The highest BCUT2D eigenvalue weighted by Crippen LogP contribution is 2.19. The summed E-state index contributed by atoms with van der Waals surface area (Å²) < 4.78 is 5.73. The van der Waals surface area contributed by atoms with Gasteiger partial charge in [0.25, 0.3) is 0 Å². The Labute approximate surface area is 104 Å². The summed E-state index contributed by atoms with van der Waals surface area (Å²) >= 11 is 0. The Hall–Kier alpha value is -0.930. The Morgan fingerprint density at radius 2 is 2.00 bits per heavy atom. The van der Waals surface area contributed by atoms with Crippen molar-refractivity contribution in [1.82, 2.24) is 10.3 Å². The smallest absolute Gasteiger partial charge is 0.0565 e. The molecule has 94 valence electrons. The Balaban J connectivity index is 1.83. The van der Waals surface area contributed by atoms with Gasteiger partial charge in [0, 0.05) is 24.5 Å². The van der Waals surface area contributed by atoms with E-state index in [1.54, 1.807) is 0 Å². The monoisotopic (exact) mass is 234 g/mol. The summed E-state index contributed by atoms with van der Waals surface area (Å²) in [6, 6.07) is 4.77. The molecule has 3 nitrogen and oxygen atoms in total. The molecular formula is C14H22N2O. The zero-order valence-corrected chi connectivity index (χ0v) is 10.9. The van der Waals surface area contributed by atoms with Crippen molar-refractivity contribution in [2.24, 2.45) is 0 Å². The van der Waals surface area contributed by atoms with Gasteiger partial charge >= 0.3 is 0 Å². The van der Waals surface area contributed by atoms with Crippen molar-refractivity contribution in [1.29, 1.82) is 0 Å². The first-order valence-corrected chi connectivity index (χ1v) is 6.44. The van der Waals surface area contributed by atoms with Crippen LogP contribution in [0.3, 0.4) is 0 Å². The van der Waals surface area contributed by atoms with Crippen LogP contribution in [0.2, 0.25) is 0 Å². The van der Waals surface area contributed by atoms with E-state index in [0.717, 1.165) is 25.1 Å². The summed E-state index contributed by atoms with van der Waals surface area (Å²) in [6.45, 7) is 7.21. The fourth-order valence-corrected chi connectivity index (χ4v) is 2.44. The topological polar surface area (TPSA) is 34.1 Å². The van der Waals surface area contributed by atoms with Crippen molar-refractivity contribution in [2.45, 2.75) is 58.4 Å². The van der Waals surface area contributed by atoms with Crippen molar-refractivity contribution >= 4 is 0 Å². The third kappa shape index (κ3) is 3.79. The minimum atomic E-state index is 0.368. The van der Waals surface area contributed by atoms with E-state index in [1.165, 1.54) is 5.56 Å². The lowest BCUT2D eigenvalue weighted by molar-refractivity contribution is -0.0422. The van der Waals surface area contributed by atoms with Gasteiger partial charge in [-0.1, -0.05) is 6.07 Å². The number of hydrogen-bond donors (Lipinski definition) is 1. The zero-order valence-electron chi connectivity index (χ0n) is 10.9. The van der Waals surface area contributed by atoms with Crippen LogP contribution in [0.1, 0.15) is 37.9 Å². The van der Waals surface area contributed by atoms with E-state index < -0.39 is 0 Å². The van der Waals surface area contributed by atoms with Crippen LogP contribution in [0.5, 0.6) is 0 Å². The second-order valence-corrected chi connectivity index (χ2v) is 5.11. The first-order valence-electron chi connectivity index (χ1n) is 6.44. The zero-order chi connectivity index (χ0) is 12.3. The SMILES string of the molecule is Cc1ccc(CNC2CC(C)OC(C)C2)cn1. The summed E-state index contributed by atoms with van der Waals surface area (Å²) in [6.07, 6.45) is 4.89. The van der Waals surface area contributed by atoms with Gasteiger partial charge in [0.05, 0.1) is 12.2 Å². The molecule has 1 aliphatic rings. The highest BCUT2D eigenvalue weighted by Gasteiger charge is 2.23. The van der Waals surface area contributed by atoms with Gasteiger partial charge in [0.2, 0.25) is 0 Å². The number of pyridine rings is 1. The predicted molar refractivity (Wildman–Crippen MR) is 68.8 cm³/mol. The molecule has 2 unspecified atom stereocenters. The van der Waals surface area contributed by atoms with Crippen LogP contribution >= 0.6 is 0 Å². The standard InChI is InChI=1S/C14H22N2O/c1-10-4-5-13(8-15-10)9-16-14-6-11(2)17-12(3)7-14/h4-5,8,11-12,14,16H,6-7,9H2,1-3H3. The minimum Gasteiger partial charge on any atom is -0.375 e. The van der Waals surface area contributed by atoms with Gasteiger partial charge in [0.15, 0.2) is 0 Å². The minimum absolute atomic E-state index is 0.368. The van der Waals surface area contributed by atoms with Crippen LogP contribution in [-0.2, 0) is 11.3 Å². The number of aromatic nitrogens is 1. The number of aryl methyl sites for hydroxylation is 1. The fourth-order valence-electron chi connectivity index (χ4n) is 2.44. The normalized spacial score (nSPS) is 29.2. The highest BCUT2D eigenvalue weighted by molar-refractivity contribution is 5.12. The van der Waals surface area contributed by atoms with Gasteiger partial charge in [-0.05, 0) is 45.2 Å². The summed E-state index contributed by atoms with van der Waals surface area (Å²) in [5.41, 5.74) is 2.32. The molecule has 1 N–H and O–H groups in total. The number of hydrogen-bond acceptors (Lipinski definition) is 3. The quantitative estimate of drug-likeness (QED) is 0.872. The average molecular weight is 234 g/mol. The highest BCUT2D eigenvalue weighted by atomic mass is 16.5. The van der Waals surface area contributed by atoms with Crippen molar-refractivity contribution in [3.63, 3.8) is 0 Å². The van der Waals surface area contributed by atoms with Gasteiger partial charge in [-0.2, -0.15) is 0 Å². The molecule has 2 rings (SSSR count). The van der Waals surface area contributed by atoms with Crippen LogP contribution < -0.4 is 5.32 Å². The molecule has 1 aromatic heterocycles. The van der Waals surface area contributed by atoms with Gasteiger partial charge in [-0.25, -0.2) is 0 Å². The number of rotatable bonds is 3. The third-order valence-electron chi connectivity index (χ3n) is 3.26. The number of nitrogens with zero attached hydrogens (tertiary/aromatic N) is 1. The molecule has 2 atom stereocenters. The first-order chi connectivity index (χ1) is 8.13. The number of ether oxygens (including phenoxy) is 1. The molecule has 0 aromatic carbocycles.